The van der Waals surface area contributed by atoms with Crippen LogP contribution < -0.4 is 4.90 Å². The molecule has 0 spiro atoms. The number of anilines is 1. The number of pyridine rings is 1. The molecular formula is C21H22FN3. The van der Waals surface area contributed by atoms with Crippen molar-refractivity contribution >= 4 is 16.6 Å². The molecule has 3 aromatic rings. The van der Waals surface area contributed by atoms with Crippen molar-refractivity contribution in [1.82, 2.24) is 9.88 Å². The van der Waals surface area contributed by atoms with Gasteiger partial charge in [-0.25, -0.2) is 4.39 Å². The molecule has 4 heteroatoms. The van der Waals surface area contributed by atoms with E-state index in [-0.39, 0.29) is 5.82 Å². The average Bonchev–Trinajstić information content (AvgIpc) is 2.66. The first-order chi connectivity index (χ1) is 12.3. The Bertz CT molecular complexity index is 856. The zero-order chi connectivity index (χ0) is 17.1. The van der Waals surface area contributed by atoms with Crippen molar-refractivity contribution < 1.29 is 4.39 Å². The predicted molar refractivity (Wildman–Crippen MR) is 101 cm³/mol. The van der Waals surface area contributed by atoms with Crippen molar-refractivity contribution in [2.45, 2.75) is 6.42 Å². The Morgan fingerprint density at radius 1 is 0.920 bits per heavy atom. The van der Waals surface area contributed by atoms with Crippen LogP contribution in [0.2, 0.25) is 0 Å². The molecule has 0 amide bonds. The van der Waals surface area contributed by atoms with Gasteiger partial charge < -0.3 is 4.90 Å². The molecule has 2 heterocycles. The molecule has 4 rings (SSSR count). The lowest BCUT2D eigenvalue weighted by molar-refractivity contribution is 0.261. The van der Waals surface area contributed by atoms with Crippen molar-refractivity contribution in [3.63, 3.8) is 0 Å². The highest BCUT2D eigenvalue weighted by Crippen LogP contribution is 2.18. The molecule has 1 aliphatic rings. The first kappa shape index (κ1) is 16.0. The molecular weight excluding hydrogens is 313 g/mol. The average molecular weight is 335 g/mol. The summed E-state index contributed by atoms with van der Waals surface area (Å²) in [5.74, 6) is -0.162. The minimum absolute atomic E-state index is 0.162. The molecule has 0 atom stereocenters. The smallest absolute Gasteiger partial charge is 0.125 e. The quantitative estimate of drug-likeness (QED) is 0.724. The van der Waals surface area contributed by atoms with Gasteiger partial charge in [0.1, 0.15) is 5.82 Å². The van der Waals surface area contributed by atoms with E-state index < -0.39 is 0 Å². The number of benzene rings is 2. The van der Waals surface area contributed by atoms with Crippen LogP contribution in [-0.2, 0) is 6.42 Å². The maximum absolute atomic E-state index is 13.4. The molecule has 0 aliphatic carbocycles. The zero-order valence-corrected chi connectivity index (χ0v) is 14.2. The van der Waals surface area contributed by atoms with E-state index in [1.807, 2.05) is 18.3 Å². The van der Waals surface area contributed by atoms with Crippen molar-refractivity contribution in [3.05, 3.63) is 72.2 Å². The lowest BCUT2D eigenvalue weighted by Gasteiger charge is -2.36. The van der Waals surface area contributed by atoms with E-state index in [4.69, 9.17) is 0 Å². The van der Waals surface area contributed by atoms with Crippen LogP contribution in [0.1, 0.15) is 5.56 Å². The second-order valence-electron chi connectivity index (χ2n) is 6.59. The molecule has 1 saturated heterocycles. The van der Waals surface area contributed by atoms with E-state index >= 15 is 0 Å². The Labute approximate surface area is 147 Å². The van der Waals surface area contributed by atoms with E-state index in [1.54, 1.807) is 12.1 Å². The molecule has 0 bridgehead atoms. The van der Waals surface area contributed by atoms with Gasteiger partial charge in [-0.05, 0) is 42.3 Å². The van der Waals surface area contributed by atoms with Gasteiger partial charge in [-0.15, -0.1) is 0 Å². The summed E-state index contributed by atoms with van der Waals surface area (Å²) in [6.45, 7) is 4.98. The molecule has 0 N–H and O–H groups in total. The van der Waals surface area contributed by atoms with Gasteiger partial charge in [0.05, 0.1) is 5.52 Å². The Hall–Kier alpha value is -2.46. The SMILES string of the molecule is Fc1cccc(N2CCN(CCc3ccc4cccnc4c3)CC2)c1. The summed E-state index contributed by atoms with van der Waals surface area (Å²) in [5.41, 5.74) is 3.38. The number of hydrogen-bond donors (Lipinski definition) is 0. The van der Waals surface area contributed by atoms with E-state index in [9.17, 15) is 4.39 Å². The Kier molecular flexibility index (Phi) is 4.61. The van der Waals surface area contributed by atoms with Gasteiger partial charge in [-0.3, -0.25) is 9.88 Å². The number of piperazine rings is 1. The van der Waals surface area contributed by atoms with E-state index in [1.165, 1.54) is 17.0 Å². The number of hydrogen-bond acceptors (Lipinski definition) is 3. The van der Waals surface area contributed by atoms with Crippen LogP contribution in [-0.4, -0.2) is 42.6 Å². The Balaban J connectivity index is 1.32. The molecule has 0 radical (unpaired) electrons. The van der Waals surface area contributed by atoms with Gasteiger partial charge in [0.15, 0.2) is 0 Å². The van der Waals surface area contributed by atoms with Gasteiger partial charge >= 0.3 is 0 Å². The molecule has 0 unspecified atom stereocenters. The number of aromatic nitrogens is 1. The number of halogens is 1. The minimum atomic E-state index is -0.162. The first-order valence-corrected chi connectivity index (χ1v) is 8.84. The predicted octanol–water partition coefficient (Wildman–Crippen LogP) is 3.74. The molecule has 3 nitrogen and oxygen atoms in total. The van der Waals surface area contributed by atoms with Gasteiger partial charge in [0.25, 0.3) is 0 Å². The zero-order valence-electron chi connectivity index (χ0n) is 14.2. The number of nitrogens with zero attached hydrogens (tertiary/aromatic N) is 3. The van der Waals surface area contributed by atoms with Gasteiger partial charge in [-0.1, -0.05) is 24.3 Å². The van der Waals surface area contributed by atoms with Crippen molar-refractivity contribution in [3.8, 4) is 0 Å². The largest absolute Gasteiger partial charge is 0.369 e. The maximum atomic E-state index is 13.4. The molecule has 1 fully saturated rings. The van der Waals surface area contributed by atoms with Crippen molar-refractivity contribution in [2.75, 3.05) is 37.6 Å². The van der Waals surface area contributed by atoms with Crippen LogP contribution in [0.5, 0.6) is 0 Å². The van der Waals surface area contributed by atoms with Gasteiger partial charge in [0.2, 0.25) is 0 Å². The second-order valence-corrected chi connectivity index (χ2v) is 6.59. The van der Waals surface area contributed by atoms with Gasteiger partial charge in [-0.2, -0.15) is 0 Å². The van der Waals surface area contributed by atoms with Crippen molar-refractivity contribution in [2.24, 2.45) is 0 Å². The summed E-state index contributed by atoms with van der Waals surface area (Å²) in [7, 11) is 0. The second kappa shape index (κ2) is 7.19. The summed E-state index contributed by atoms with van der Waals surface area (Å²) >= 11 is 0. The molecule has 1 aromatic heterocycles. The van der Waals surface area contributed by atoms with Crippen LogP contribution in [0.15, 0.2) is 60.8 Å². The molecule has 1 aliphatic heterocycles. The van der Waals surface area contributed by atoms with E-state index in [2.05, 4.69) is 39.0 Å². The standard InChI is InChI=1S/C21H22FN3/c22-19-4-1-5-20(16-19)25-13-11-24(12-14-25)10-8-17-6-7-18-3-2-9-23-21(18)15-17/h1-7,9,15-16H,8,10-14H2. The maximum Gasteiger partial charge on any atom is 0.125 e. The number of fused-ring (bicyclic) bond motifs is 1. The van der Waals surface area contributed by atoms with Crippen LogP contribution in [0, 0.1) is 5.82 Å². The fourth-order valence-corrected chi connectivity index (χ4v) is 3.46. The van der Waals surface area contributed by atoms with Crippen LogP contribution in [0.3, 0.4) is 0 Å². The van der Waals surface area contributed by atoms with Crippen LogP contribution >= 0.6 is 0 Å². The summed E-state index contributed by atoms with van der Waals surface area (Å²) in [5, 5.41) is 1.19. The third-order valence-electron chi connectivity index (χ3n) is 4.93. The van der Waals surface area contributed by atoms with Gasteiger partial charge in [0, 0.05) is 50.0 Å². The summed E-state index contributed by atoms with van der Waals surface area (Å²) in [6.07, 6.45) is 2.88. The normalized spacial score (nSPS) is 15.6. The molecule has 25 heavy (non-hydrogen) atoms. The Morgan fingerprint density at radius 3 is 2.64 bits per heavy atom. The summed E-state index contributed by atoms with van der Waals surface area (Å²) < 4.78 is 13.4. The number of rotatable bonds is 4. The van der Waals surface area contributed by atoms with E-state index in [0.717, 1.165) is 50.3 Å². The van der Waals surface area contributed by atoms with Crippen molar-refractivity contribution in [1.29, 1.82) is 0 Å². The fourth-order valence-electron chi connectivity index (χ4n) is 3.46. The monoisotopic (exact) mass is 335 g/mol. The highest BCUT2D eigenvalue weighted by atomic mass is 19.1. The Morgan fingerprint density at radius 2 is 1.80 bits per heavy atom. The van der Waals surface area contributed by atoms with Crippen LogP contribution in [0.4, 0.5) is 10.1 Å². The molecule has 2 aromatic carbocycles. The topological polar surface area (TPSA) is 19.4 Å². The van der Waals surface area contributed by atoms with Crippen LogP contribution in [0.25, 0.3) is 10.9 Å². The highest BCUT2D eigenvalue weighted by Gasteiger charge is 2.17. The summed E-state index contributed by atoms with van der Waals surface area (Å²) in [4.78, 5) is 9.18. The minimum Gasteiger partial charge on any atom is -0.369 e. The fraction of sp³-hybridized carbons (Fsp3) is 0.286. The molecule has 0 saturated carbocycles. The highest BCUT2D eigenvalue weighted by molar-refractivity contribution is 5.78. The summed E-state index contributed by atoms with van der Waals surface area (Å²) in [6, 6.07) is 17.5. The van der Waals surface area contributed by atoms with E-state index in [0.29, 0.717) is 0 Å². The first-order valence-electron chi connectivity index (χ1n) is 8.84. The third-order valence-corrected chi connectivity index (χ3v) is 4.93. The third kappa shape index (κ3) is 3.80. The lowest BCUT2D eigenvalue weighted by Crippen LogP contribution is -2.47. The lowest BCUT2D eigenvalue weighted by atomic mass is 10.1. The molecule has 128 valence electrons.